The van der Waals surface area contributed by atoms with Crippen LogP contribution in [-0.2, 0) is 17.8 Å². The molecule has 0 saturated carbocycles. The van der Waals surface area contributed by atoms with Gasteiger partial charge in [-0.25, -0.2) is 0 Å². The zero-order chi connectivity index (χ0) is 19.0. The summed E-state index contributed by atoms with van der Waals surface area (Å²) in [6.07, 6.45) is 0.770. The van der Waals surface area contributed by atoms with Gasteiger partial charge in [0.15, 0.2) is 0 Å². The predicted molar refractivity (Wildman–Crippen MR) is 106 cm³/mol. The first-order chi connectivity index (χ1) is 13.0. The molecule has 0 bridgehead atoms. The average molecular weight is 363 g/mol. The summed E-state index contributed by atoms with van der Waals surface area (Å²) in [5, 5.41) is 9.76. The molecule has 0 fully saturated rings. The molecule has 0 saturated heterocycles. The Labute approximate surface area is 159 Å². The van der Waals surface area contributed by atoms with Gasteiger partial charge in [0.1, 0.15) is 11.5 Å². The highest BCUT2D eigenvalue weighted by atomic mass is 16.5. The fourth-order valence-electron chi connectivity index (χ4n) is 3.78. The van der Waals surface area contributed by atoms with Crippen molar-refractivity contribution in [3.63, 3.8) is 0 Å². The van der Waals surface area contributed by atoms with Crippen molar-refractivity contribution in [3.8, 4) is 11.3 Å². The molecule has 5 heteroatoms. The molecule has 1 amide bonds. The quantitative estimate of drug-likeness (QED) is 0.767. The molecule has 2 aromatic carbocycles. The maximum atomic E-state index is 12.4. The molecular formula is C22H25N3O2. The molecule has 140 valence electrons. The van der Waals surface area contributed by atoms with Gasteiger partial charge in [-0.2, -0.15) is 0 Å². The highest BCUT2D eigenvalue weighted by molar-refractivity contribution is 5.96. The second-order valence-corrected chi connectivity index (χ2v) is 7.52. The maximum absolute atomic E-state index is 12.4. The molecule has 4 rings (SSSR count). The first kappa shape index (κ1) is 17.7. The fraction of sp³-hybridized carbons (Fsp3) is 0.364. The van der Waals surface area contributed by atoms with Crippen LogP contribution in [0, 0.1) is 0 Å². The van der Waals surface area contributed by atoms with E-state index in [4.69, 9.17) is 4.52 Å². The molecule has 1 aliphatic heterocycles. The molecular weight excluding hydrogens is 338 g/mol. The molecule has 5 nitrogen and oxygen atoms in total. The Hall–Kier alpha value is -2.66. The lowest BCUT2D eigenvalue weighted by molar-refractivity contribution is -0.126. The van der Waals surface area contributed by atoms with E-state index in [1.54, 1.807) is 0 Å². The highest BCUT2D eigenvalue weighted by Crippen LogP contribution is 2.34. The van der Waals surface area contributed by atoms with Crippen LogP contribution < -0.4 is 5.32 Å². The number of benzene rings is 2. The molecule has 3 aromatic rings. The highest BCUT2D eigenvalue weighted by Gasteiger charge is 2.30. The number of amides is 1. The van der Waals surface area contributed by atoms with Crippen LogP contribution in [0.1, 0.15) is 32.1 Å². The maximum Gasteiger partial charge on any atom is 0.237 e. The Bertz CT molecular complexity index is 971. The number of nitrogens with one attached hydrogen (secondary N) is 1. The van der Waals surface area contributed by atoms with Crippen molar-refractivity contribution in [2.45, 2.75) is 45.8 Å². The normalized spacial score (nSPS) is 15.7. The fourth-order valence-corrected chi connectivity index (χ4v) is 3.78. The first-order valence-corrected chi connectivity index (χ1v) is 9.54. The van der Waals surface area contributed by atoms with Crippen LogP contribution in [-0.4, -0.2) is 34.6 Å². The smallest absolute Gasteiger partial charge is 0.237 e. The van der Waals surface area contributed by atoms with Crippen molar-refractivity contribution in [2.75, 3.05) is 6.54 Å². The van der Waals surface area contributed by atoms with E-state index in [1.807, 2.05) is 32.9 Å². The van der Waals surface area contributed by atoms with Gasteiger partial charge in [0, 0.05) is 36.7 Å². The summed E-state index contributed by atoms with van der Waals surface area (Å²) in [6.45, 7) is 7.40. The first-order valence-electron chi connectivity index (χ1n) is 9.54. The van der Waals surface area contributed by atoms with Crippen LogP contribution in [0.2, 0.25) is 0 Å². The standard InChI is InChI=1S/C22H25N3O2/c1-14(2)23-22(26)15(3)25-12-11-20-19(13-25)21(24-27-20)18-10-6-8-16-7-4-5-9-17(16)18/h4-10,14-15H,11-13H2,1-3H3,(H,23,26). The van der Waals surface area contributed by atoms with Crippen LogP contribution in [0.5, 0.6) is 0 Å². The third kappa shape index (κ3) is 3.35. The number of hydrogen-bond acceptors (Lipinski definition) is 4. The van der Waals surface area contributed by atoms with Crippen LogP contribution in [0.3, 0.4) is 0 Å². The number of hydrogen-bond donors (Lipinski definition) is 1. The van der Waals surface area contributed by atoms with Crippen LogP contribution in [0.4, 0.5) is 0 Å². The number of nitrogens with zero attached hydrogens (tertiary/aromatic N) is 2. The van der Waals surface area contributed by atoms with Crippen molar-refractivity contribution in [1.82, 2.24) is 15.4 Å². The van der Waals surface area contributed by atoms with Gasteiger partial charge in [0.2, 0.25) is 5.91 Å². The lowest BCUT2D eigenvalue weighted by Gasteiger charge is -2.31. The predicted octanol–water partition coefficient (Wildman–Crippen LogP) is 3.77. The van der Waals surface area contributed by atoms with Crippen molar-refractivity contribution < 1.29 is 9.32 Å². The Morgan fingerprint density at radius 1 is 1.15 bits per heavy atom. The molecule has 2 heterocycles. The van der Waals surface area contributed by atoms with E-state index < -0.39 is 0 Å². The van der Waals surface area contributed by atoms with Gasteiger partial charge >= 0.3 is 0 Å². The lowest BCUT2D eigenvalue weighted by Crippen LogP contribution is -2.48. The van der Waals surface area contributed by atoms with Crippen molar-refractivity contribution in [3.05, 3.63) is 53.8 Å². The van der Waals surface area contributed by atoms with E-state index in [-0.39, 0.29) is 18.0 Å². The van der Waals surface area contributed by atoms with E-state index in [2.05, 4.69) is 45.7 Å². The van der Waals surface area contributed by atoms with Gasteiger partial charge in [-0.15, -0.1) is 0 Å². The van der Waals surface area contributed by atoms with Gasteiger partial charge in [-0.05, 0) is 31.5 Å². The average Bonchev–Trinajstić information content (AvgIpc) is 3.09. The zero-order valence-electron chi connectivity index (χ0n) is 16.0. The molecule has 27 heavy (non-hydrogen) atoms. The number of aromatic nitrogens is 1. The number of carbonyl (C=O) groups is 1. The Morgan fingerprint density at radius 3 is 2.74 bits per heavy atom. The van der Waals surface area contributed by atoms with E-state index in [0.717, 1.165) is 35.5 Å². The molecule has 0 radical (unpaired) electrons. The second-order valence-electron chi connectivity index (χ2n) is 7.52. The summed E-state index contributed by atoms with van der Waals surface area (Å²) in [7, 11) is 0. The summed E-state index contributed by atoms with van der Waals surface area (Å²) in [5.74, 6) is 1.00. The molecule has 0 aliphatic carbocycles. The Morgan fingerprint density at radius 2 is 1.93 bits per heavy atom. The van der Waals surface area contributed by atoms with Gasteiger partial charge in [-0.1, -0.05) is 47.6 Å². The third-order valence-electron chi connectivity index (χ3n) is 5.26. The number of carbonyl (C=O) groups excluding carboxylic acids is 1. The Kier molecular flexibility index (Phi) is 4.70. The number of fused-ring (bicyclic) bond motifs is 2. The van der Waals surface area contributed by atoms with Gasteiger partial charge in [0.05, 0.1) is 6.04 Å². The summed E-state index contributed by atoms with van der Waals surface area (Å²) < 4.78 is 5.67. The summed E-state index contributed by atoms with van der Waals surface area (Å²) in [5.41, 5.74) is 3.07. The van der Waals surface area contributed by atoms with Crippen LogP contribution in [0.25, 0.3) is 22.0 Å². The second kappa shape index (κ2) is 7.16. The molecule has 1 atom stereocenters. The summed E-state index contributed by atoms with van der Waals surface area (Å²) in [6, 6.07) is 14.5. The SMILES string of the molecule is CC(C)NC(=O)C(C)N1CCc2onc(-c3cccc4ccccc34)c2C1. The molecule has 1 N–H and O–H groups in total. The van der Waals surface area contributed by atoms with Crippen molar-refractivity contribution >= 4 is 16.7 Å². The minimum atomic E-state index is -0.184. The van der Waals surface area contributed by atoms with Gasteiger partial charge in [-0.3, -0.25) is 9.69 Å². The molecule has 1 unspecified atom stereocenters. The molecule has 1 aromatic heterocycles. The Balaban J connectivity index is 1.67. The van der Waals surface area contributed by atoms with E-state index >= 15 is 0 Å². The minimum Gasteiger partial charge on any atom is -0.360 e. The van der Waals surface area contributed by atoms with Gasteiger partial charge < -0.3 is 9.84 Å². The van der Waals surface area contributed by atoms with Crippen LogP contribution in [0.15, 0.2) is 47.0 Å². The lowest BCUT2D eigenvalue weighted by atomic mass is 9.96. The van der Waals surface area contributed by atoms with Crippen LogP contribution >= 0.6 is 0 Å². The minimum absolute atomic E-state index is 0.0663. The molecule has 0 spiro atoms. The topological polar surface area (TPSA) is 58.4 Å². The number of rotatable bonds is 4. The zero-order valence-corrected chi connectivity index (χ0v) is 16.0. The summed E-state index contributed by atoms with van der Waals surface area (Å²) >= 11 is 0. The van der Waals surface area contributed by atoms with E-state index in [1.165, 1.54) is 10.8 Å². The van der Waals surface area contributed by atoms with Crippen molar-refractivity contribution in [2.24, 2.45) is 0 Å². The monoisotopic (exact) mass is 363 g/mol. The van der Waals surface area contributed by atoms with Crippen molar-refractivity contribution in [1.29, 1.82) is 0 Å². The third-order valence-corrected chi connectivity index (χ3v) is 5.26. The van der Waals surface area contributed by atoms with E-state index in [0.29, 0.717) is 6.54 Å². The largest absolute Gasteiger partial charge is 0.360 e. The summed E-state index contributed by atoms with van der Waals surface area (Å²) in [4.78, 5) is 14.6. The molecule has 1 aliphatic rings. The van der Waals surface area contributed by atoms with E-state index in [9.17, 15) is 4.79 Å². The van der Waals surface area contributed by atoms with Gasteiger partial charge in [0.25, 0.3) is 0 Å².